The number of benzene rings is 3. The van der Waals surface area contributed by atoms with Crippen LogP contribution in [0.1, 0.15) is 30.5 Å². The normalized spacial score (nSPS) is 15.2. The number of aryl methyl sites for hydroxylation is 1. The maximum absolute atomic E-state index is 13.5. The molecule has 0 saturated carbocycles. The van der Waals surface area contributed by atoms with Crippen molar-refractivity contribution in [1.82, 2.24) is 0 Å². The van der Waals surface area contributed by atoms with Crippen molar-refractivity contribution in [2.75, 3.05) is 25.7 Å². The molecule has 7 nitrogen and oxygen atoms in total. The van der Waals surface area contributed by atoms with Crippen molar-refractivity contribution in [1.29, 1.82) is 0 Å². The minimum absolute atomic E-state index is 0.0667. The van der Waals surface area contributed by atoms with Crippen LogP contribution in [0.3, 0.4) is 0 Å². The molecule has 1 amide bonds. The van der Waals surface area contributed by atoms with E-state index in [0.717, 1.165) is 5.56 Å². The van der Waals surface area contributed by atoms with Gasteiger partial charge in [0.25, 0.3) is 5.91 Å². The lowest BCUT2D eigenvalue weighted by molar-refractivity contribution is -0.118. The van der Waals surface area contributed by atoms with E-state index < -0.39 is 17.7 Å². The average Bonchev–Trinajstić information content (AvgIpc) is 3.18. The van der Waals surface area contributed by atoms with Gasteiger partial charge in [0.2, 0.25) is 0 Å². The van der Waals surface area contributed by atoms with Crippen LogP contribution < -0.4 is 19.1 Å². The molecule has 0 radical (unpaired) electrons. The van der Waals surface area contributed by atoms with E-state index in [4.69, 9.17) is 14.2 Å². The van der Waals surface area contributed by atoms with Gasteiger partial charge in [0, 0.05) is 12.1 Å². The largest absolute Gasteiger partial charge is 0.503 e. The summed E-state index contributed by atoms with van der Waals surface area (Å²) in [5, 5.41) is 10.9. The van der Waals surface area contributed by atoms with Gasteiger partial charge >= 0.3 is 0 Å². The molecular weight excluding hydrogens is 458 g/mol. The smallest absolute Gasteiger partial charge is 0.294 e. The van der Waals surface area contributed by atoms with Crippen LogP contribution in [-0.4, -0.2) is 37.6 Å². The van der Waals surface area contributed by atoms with Crippen LogP contribution in [0.15, 0.2) is 84.1 Å². The molecule has 1 heterocycles. The Morgan fingerprint density at radius 3 is 2.28 bits per heavy atom. The van der Waals surface area contributed by atoms with Crippen LogP contribution in [-0.2, 0) is 16.0 Å². The number of aliphatic hydroxyl groups excluding tert-OH is 1. The molecule has 3 aromatic rings. The van der Waals surface area contributed by atoms with Crippen molar-refractivity contribution in [3.8, 4) is 17.2 Å². The summed E-state index contributed by atoms with van der Waals surface area (Å²) < 4.78 is 16.3. The molecule has 0 aliphatic carbocycles. The third-order valence-corrected chi connectivity index (χ3v) is 6.14. The molecule has 1 N–H and O–H groups in total. The van der Waals surface area contributed by atoms with Gasteiger partial charge in [-0.3, -0.25) is 14.5 Å². The molecule has 0 spiro atoms. The maximum Gasteiger partial charge on any atom is 0.294 e. The predicted octanol–water partition coefficient (Wildman–Crippen LogP) is 5.20. The molecule has 4 rings (SSSR count). The Labute approximate surface area is 210 Å². The van der Waals surface area contributed by atoms with E-state index >= 15 is 0 Å². The first kappa shape index (κ1) is 24.9. The van der Waals surface area contributed by atoms with E-state index in [9.17, 15) is 14.7 Å². The van der Waals surface area contributed by atoms with E-state index in [1.165, 1.54) is 19.1 Å². The molecule has 186 valence electrons. The quantitative estimate of drug-likeness (QED) is 0.423. The summed E-state index contributed by atoms with van der Waals surface area (Å²) in [5.74, 6) is 0.161. The van der Waals surface area contributed by atoms with E-state index in [1.807, 2.05) is 37.3 Å². The van der Waals surface area contributed by atoms with Crippen molar-refractivity contribution in [3.05, 3.63) is 95.3 Å². The topological polar surface area (TPSA) is 85.3 Å². The number of rotatable bonds is 10. The molecule has 0 bridgehead atoms. The molecule has 1 atom stereocenters. The number of nitrogens with zero attached hydrogens (tertiary/aromatic N) is 1. The number of methoxy groups -OCH3 is 2. The Balaban J connectivity index is 1.75. The highest BCUT2D eigenvalue weighted by Crippen LogP contribution is 2.43. The molecule has 1 aliphatic heterocycles. The van der Waals surface area contributed by atoms with Crippen LogP contribution in [0.2, 0.25) is 0 Å². The summed E-state index contributed by atoms with van der Waals surface area (Å²) in [6, 6.07) is 21.0. The first-order chi connectivity index (χ1) is 17.5. The van der Waals surface area contributed by atoms with Gasteiger partial charge in [-0.15, -0.1) is 0 Å². The Kier molecular flexibility index (Phi) is 7.59. The highest BCUT2D eigenvalue weighted by molar-refractivity contribution is 6.16. The fourth-order valence-corrected chi connectivity index (χ4v) is 4.40. The Morgan fingerprint density at radius 2 is 1.64 bits per heavy atom. The highest BCUT2D eigenvalue weighted by atomic mass is 16.5. The summed E-state index contributed by atoms with van der Waals surface area (Å²) in [6.07, 6.45) is 0.643. The van der Waals surface area contributed by atoms with E-state index in [2.05, 4.69) is 0 Å². The molecule has 36 heavy (non-hydrogen) atoms. The molecule has 7 heteroatoms. The van der Waals surface area contributed by atoms with E-state index in [1.54, 1.807) is 42.5 Å². The van der Waals surface area contributed by atoms with Crippen LogP contribution in [0, 0.1) is 0 Å². The van der Waals surface area contributed by atoms with Gasteiger partial charge in [-0.1, -0.05) is 36.4 Å². The van der Waals surface area contributed by atoms with E-state index in [-0.39, 0.29) is 17.8 Å². The minimum atomic E-state index is -0.835. The minimum Gasteiger partial charge on any atom is -0.503 e. The third kappa shape index (κ3) is 4.91. The highest BCUT2D eigenvalue weighted by Gasteiger charge is 2.44. The Bertz CT molecular complexity index is 1270. The number of ether oxygens (including phenoxy) is 3. The van der Waals surface area contributed by atoms with Crippen molar-refractivity contribution >= 4 is 17.4 Å². The zero-order chi connectivity index (χ0) is 25.7. The molecule has 0 aromatic heterocycles. The van der Waals surface area contributed by atoms with Crippen LogP contribution in [0.25, 0.3) is 0 Å². The summed E-state index contributed by atoms with van der Waals surface area (Å²) in [7, 11) is 3.05. The van der Waals surface area contributed by atoms with Gasteiger partial charge in [-0.05, 0) is 60.9 Å². The molecule has 0 saturated heterocycles. The lowest BCUT2D eigenvalue weighted by atomic mass is 9.92. The summed E-state index contributed by atoms with van der Waals surface area (Å²) in [6.45, 7) is 2.40. The first-order valence-corrected chi connectivity index (χ1v) is 11.8. The number of carbonyl (C=O) groups excluding carboxylic acids is 2. The van der Waals surface area contributed by atoms with Gasteiger partial charge < -0.3 is 19.3 Å². The van der Waals surface area contributed by atoms with Crippen molar-refractivity contribution < 1.29 is 28.9 Å². The lowest BCUT2D eigenvalue weighted by Gasteiger charge is -2.27. The van der Waals surface area contributed by atoms with Crippen molar-refractivity contribution in [2.45, 2.75) is 25.8 Å². The van der Waals surface area contributed by atoms with Gasteiger partial charge in [-0.2, -0.15) is 0 Å². The molecule has 3 aromatic carbocycles. The lowest BCUT2D eigenvalue weighted by Crippen LogP contribution is -2.31. The van der Waals surface area contributed by atoms with Gasteiger partial charge in [0.15, 0.2) is 23.0 Å². The maximum atomic E-state index is 13.5. The second-order valence-electron chi connectivity index (χ2n) is 8.29. The van der Waals surface area contributed by atoms with Gasteiger partial charge in [-0.25, -0.2) is 0 Å². The second kappa shape index (κ2) is 11.0. The summed E-state index contributed by atoms with van der Waals surface area (Å²) in [5.41, 5.74) is 2.21. The Hall–Kier alpha value is -4.26. The monoisotopic (exact) mass is 487 g/mol. The summed E-state index contributed by atoms with van der Waals surface area (Å²) in [4.78, 5) is 28.3. The third-order valence-electron chi connectivity index (χ3n) is 6.14. The fraction of sp³-hybridized carbons (Fsp3) is 0.241. The summed E-state index contributed by atoms with van der Waals surface area (Å²) >= 11 is 0. The van der Waals surface area contributed by atoms with E-state index in [0.29, 0.717) is 41.5 Å². The number of anilines is 1. The number of amides is 1. The van der Waals surface area contributed by atoms with Crippen molar-refractivity contribution in [2.24, 2.45) is 0 Å². The average molecular weight is 488 g/mol. The second-order valence-corrected chi connectivity index (χ2v) is 8.29. The van der Waals surface area contributed by atoms with Gasteiger partial charge in [0.1, 0.15) is 5.75 Å². The number of carbonyl (C=O) groups is 2. The fourth-order valence-electron chi connectivity index (χ4n) is 4.40. The van der Waals surface area contributed by atoms with Crippen molar-refractivity contribution in [3.63, 3.8) is 0 Å². The Morgan fingerprint density at radius 1 is 0.944 bits per heavy atom. The SMILES string of the molecule is CCOc1ccc(N2C(=O)C(O)=C(C(=O)CCc3ccccc3)C2c2ccc(OC)c(OC)c2)cc1. The molecule has 1 unspecified atom stereocenters. The molecule has 1 aliphatic rings. The number of hydrogen-bond acceptors (Lipinski definition) is 6. The zero-order valence-corrected chi connectivity index (χ0v) is 20.6. The van der Waals surface area contributed by atoms with Crippen LogP contribution >= 0.6 is 0 Å². The predicted molar refractivity (Wildman–Crippen MR) is 137 cm³/mol. The molecular formula is C29H29NO6. The zero-order valence-electron chi connectivity index (χ0n) is 20.6. The number of Topliss-reactive ketones (excluding diaryl/α,β-unsaturated/α-hetero) is 1. The van der Waals surface area contributed by atoms with Crippen LogP contribution in [0.5, 0.6) is 17.2 Å². The number of ketones is 1. The molecule has 0 fully saturated rings. The van der Waals surface area contributed by atoms with Gasteiger partial charge in [0.05, 0.1) is 32.4 Å². The standard InChI is InChI=1S/C29H29NO6/c1-4-36-22-14-12-21(13-15-22)30-27(20-11-17-24(34-2)25(18-20)35-3)26(28(32)29(30)33)23(31)16-10-19-8-6-5-7-9-19/h5-9,11-15,17-18,27,32H,4,10,16H2,1-3H3. The first-order valence-electron chi connectivity index (χ1n) is 11.8. The number of aliphatic hydroxyl groups is 1. The van der Waals surface area contributed by atoms with Crippen LogP contribution in [0.4, 0.5) is 5.69 Å². The number of hydrogen-bond donors (Lipinski definition) is 1.